The largest absolute Gasteiger partial charge is 0.497 e. The summed E-state index contributed by atoms with van der Waals surface area (Å²) in [6, 6.07) is 24.5. The first-order valence-electron chi connectivity index (χ1n) is 10.4. The second kappa shape index (κ2) is 7.42. The fourth-order valence-corrected chi connectivity index (χ4v) is 4.17. The zero-order valence-corrected chi connectivity index (χ0v) is 17.4. The maximum Gasteiger partial charge on any atom is 0.250 e. The van der Waals surface area contributed by atoms with Crippen molar-refractivity contribution in [2.24, 2.45) is 0 Å². The molecule has 3 aromatic heterocycles. The van der Waals surface area contributed by atoms with Gasteiger partial charge in [0, 0.05) is 40.7 Å². The summed E-state index contributed by atoms with van der Waals surface area (Å²) in [6.07, 6.45) is 4.00. The Hall–Kier alpha value is -4.32. The molecule has 3 heterocycles. The number of hydrogen-bond acceptors (Lipinski definition) is 4. The van der Waals surface area contributed by atoms with Gasteiger partial charge in [-0.25, -0.2) is 0 Å². The summed E-state index contributed by atoms with van der Waals surface area (Å²) in [4.78, 5) is 3.26. The molecule has 0 aliphatic rings. The zero-order valence-electron chi connectivity index (χ0n) is 17.4. The van der Waals surface area contributed by atoms with Crippen molar-refractivity contribution in [1.29, 1.82) is 0 Å². The Bertz CT molecular complexity index is 1540. The molecule has 0 radical (unpaired) electrons. The highest BCUT2D eigenvalue weighted by Gasteiger charge is 2.18. The van der Waals surface area contributed by atoms with Gasteiger partial charge in [-0.1, -0.05) is 48.5 Å². The van der Waals surface area contributed by atoms with E-state index in [1.807, 2.05) is 54.7 Å². The molecule has 0 fully saturated rings. The number of ether oxygens (including phenoxy) is 1. The van der Waals surface area contributed by atoms with Crippen LogP contribution in [0.4, 0.5) is 0 Å². The Morgan fingerprint density at radius 2 is 1.56 bits per heavy atom. The van der Waals surface area contributed by atoms with E-state index in [2.05, 4.69) is 50.2 Å². The molecule has 0 unspecified atom stereocenters. The van der Waals surface area contributed by atoms with Gasteiger partial charge in [-0.2, -0.15) is 0 Å². The number of rotatable bonds is 5. The van der Waals surface area contributed by atoms with E-state index in [-0.39, 0.29) is 0 Å². The van der Waals surface area contributed by atoms with E-state index in [1.165, 1.54) is 5.56 Å². The highest BCUT2D eigenvalue weighted by molar-refractivity contribution is 5.95. The van der Waals surface area contributed by atoms with Crippen molar-refractivity contribution in [1.82, 2.24) is 19.7 Å². The van der Waals surface area contributed by atoms with Crippen LogP contribution in [0.1, 0.15) is 5.56 Å². The van der Waals surface area contributed by atoms with E-state index < -0.39 is 0 Å². The van der Waals surface area contributed by atoms with Gasteiger partial charge < -0.3 is 18.7 Å². The average Bonchev–Trinajstić information content (AvgIpc) is 3.57. The summed E-state index contributed by atoms with van der Waals surface area (Å²) in [5.41, 5.74) is 5.17. The molecule has 0 aliphatic carbocycles. The summed E-state index contributed by atoms with van der Waals surface area (Å²) in [5, 5.41) is 10.9. The maximum atomic E-state index is 6.15. The Balaban J connectivity index is 1.41. The molecule has 0 atom stereocenters. The van der Waals surface area contributed by atoms with Crippen molar-refractivity contribution in [2.75, 3.05) is 7.11 Å². The fourth-order valence-electron chi connectivity index (χ4n) is 4.17. The third kappa shape index (κ3) is 3.04. The molecule has 6 aromatic rings. The van der Waals surface area contributed by atoms with E-state index in [4.69, 9.17) is 9.15 Å². The van der Waals surface area contributed by atoms with E-state index in [0.29, 0.717) is 11.8 Å². The number of benzene rings is 3. The van der Waals surface area contributed by atoms with Gasteiger partial charge in [0.25, 0.3) is 0 Å². The Kier molecular flexibility index (Phi) is 4.28. The topological polar surface area (TPSA) is 68.9 Å². The lowest BCUT2D eigenvalue weighted by molar-refractivity contribution is 0.414. The van der Waals surface area contributed by atoms with Gasteiger partial charge >= 0.3 is 0 Å². The molecular formula is C26H20N4O2. The Morgan fingerprint density at radius 1 is 0.844 bits per heavy atom. The van der Waals surface area contributed by atoms with Gasteiger partial charge in [0.05, 0.1) is 18.2 Å². The quantitative estimate of drug-likeness (QED) is 0.377. The molecule has 0 aliphatic heterocycles. The van der Waals surface area contributed by atoms with Crippen LogP contribution in [-0.4, -0.2) is 26.9 Å². The van der Waals surface area contributed by atoms with Crippen molar-refractivity contribution in [3.63, 3.8) is 0 Å². The van der Waals surface area contributed by atoms with E-state index in [0.717, 1.165) is 45.2 Å². The van der Waals surface area contributed by atoms with Gasteiger partial charge in [0.2, 0.25) is 11.8 Å². The fraction of sp³-hybridized carbons (Fsp3) is 0.0769. The molecule has 0 amide bonds. The number of nitrogens with zero attached hydrogens (tertiary/aromatic N) is 3. The molecule has 6 heteroatoms. The number of methoxy groups -OCH3 is 1. The maximum absolute atomic E-state index is 6.15. The molecule has 0 saturated carbocycles. The molecule has 1 N–H and O–H groups in total. The van der Waals surface area contributed by atoms with Gasteiger partial charge in [-0.15, -0.1) is 10.2 Å². The van der Waals surface area contributed by atoms with Gasteiger partial charge in [0.1, 0.15) is 5.75 Å². The van der Waals surface area contributed by atoms with Crippen LogP contribution >= 0.6 is 0 Å². The minimum atomic E-state index is 0.504. The first kappa shape index (κ1) is 18.4. The number of nitrogens with one attached hydrogen (secondary N) is 1. The van der Waals surface area contributed by atoms with Crippen molar-refractivity contribution >= 4 is 21.8 Å². The predicted octanol–water partition coefficient (Wildman–Crippen LogP) is 5.90. The summed E-state index contributed by atoms with van der Waals surface area (Å²) in [6.45, 7) is 0.730. The van der Waals surface area contributed by atoms with Crippen LogP contribution in [-0.2, 0) is 6.54 Å². The molecule has 6 rings (SSSR count). The van der Waals surface area contributed by atoms with Crippen molar-refractivity contribution in [2.45, 2.75) is 6.54 Å². The SMILES string of the molecule is COc1ccc(Cn2cc(-c3nnc(-c4c[nH]c5ccccc45)o3)c3ccccc32)cc1. The minimum absolute atomic E-state index is 0.504. The molecule has 3 aromatic carbocycles. The van der Waals surface area contributed by atoms with Crippen LogP contribution in [0.3, 0.4) is 0 Å². The number of aromatic nitrogens is 4. The van der Waals surface area contributed by atoms with Gasteiger partial charge in [-0.05, 0) is 29.8 Å². The van der Waals surface area contributed by atoms with Gasteiger partial charge in [0.15, 0.2) is 0 Å². The Morgan fingerprint density at radius 3 is 2.38 bits per heavy atom. The molecule has 6 nitrogen and oxygen atoms in total. The number of H-pyrrole nitrogens is 1. The first-order chi connectivity index (χ1) is 15.8. The average molecular weight is 420 g/mol. The van der Waals surface area contributed by atoms with Crippen LogP contribution in [0.5, 0.6) is 5.75 Å². The van der Waals surface area contributed by atoms with E-state index >= 15 is 0 Å². The van der Waals surface area contributed by atoms with Crippen LogP contribution in [0.25, 0.3) is 44.7 Å². The van der Waals surface area contributed by atoms with Crippen LogP contribution in [0.2, 0.25) is 0 Å². The molecular weight excluding hydrogens is 400 g/mol. The predicted molar refractivity (Wildman–Crippen MR) is 125 cm³/mol. The highest BCUT2D eigenvalue weighted by Crippen LogP contribution is 2.34. The normalized spacial score (nSPS) is 11.4. The van der Waals surface area contributed by atoms with Crippen LogP contribution in [0, 0.1) is 0 Å². The second-order valence-electron chi connectivity index (χ2n) is 7.70. The smallest absolute Gasteiger partial charge is 0.250 e. The number of aromatic amines is 1. The van der Waals surface area contributed by atoms with Crippen molar-refractivity contribution in [3.05, 3.63) is 90.8 Å². The minimum Gasteiger partial charge on any atom is -0.497 e. The number of para-hydroxylation sites is 2. The van der Waals surface area contributed by atoms with E-state index in [1.54, 1.807) is 7.11 Å². The zero-order chi connectivity index (χ0) is 21.5. The molecule has 0 spiro atoms. The molecule has 0 bridgehead atoms. The lowest BCUT2D eigenvalue weighted by atomic mass is 10.2. The summed E-state index contributed by atoms with van der Waals surface area (Å²) < 4.78 is 13.6. The second-order valence-corrected chi connectivity index (χ2v) is 7.70. The first-order valence-corrected chi connectivity index (χ1v) is 10.4. The lowest BCUT2D eigenvalue weighted by Crippen LogP contribution is -1.97. The Labute approximate surface area is 184 Å². The van der Waals surface area contributed by atoms with Crippen LogP contribution in [0.15, 0.2) is 89.6 Å². The third-order valence-electron chi connectivity index (χ3n) is 5.78. The summed E-state index contributed by atoms with van der Waals surface area (Å²) >= 11 is 0. The number of fused-ring (bicyclic) bond motifs is 2. The summed E-state index contributed by atoms with van der Waals surface area (Å²) in [7, 11) is 1.68. The number of hydrogen-bond donors (Lipinski definition) is 1. The molecule has 32 heavy (non-hydrogen) atoms. The molecule has 156 valence electrons. The van der Waals surface area contributed by atoms with Crippen LogP contribution < -0.4 is 4.74 Å². The van der Waals surface area contributed by atoms with Crippen molar-refractivity contribution in [3.8, 4) is 28.7 Å². The van der Waals surface area contributed by atoms with Crippen molar-refractivity contribution < 1.29 is 9.15 Å². The monoisotopic (exact) mass is 420 g/mol. The standard InChI is InChI=1S/C26H20N4O2/c1-31-18-12-10-17(11-13-18)15-30-16-22(20-7-3-5-9-24(20)30)26-29-28-25(32-26)21-14-27-23-8-4-2-6-19(21)23/h2-14,16,27H,15H2,1H3. The lowest BCUT2D eigenvalue weighted by Gasteiger charge is -2.06. The highest BCUT2D eigenvalue weighted by atomic mass is 16.5. The third-order valence-corrected chi connectivity index (χ3v) is 5.78. The molecule has 0 saturated heterocycles. The van der Waals surface area contributed by atoms with E-state index in [9.17, 15) is 0 Å². The van der Waals surface area contributed by atoms with Gasteiger partial charge in [-0.3, -0.25) is 0 Å². The summed E-state index contributed by atoms with van der Waals surface area (Å²) in [5.74, 6) is 1.86.